The number of carbonyl (C=O) groups is 1. The molecule has 8 heteroatoms. The van der Waals surface area contributed by atoms with Crippen molar-refractivity contribution in [2.75, 3.05) is 17.6 Å². The number of halogens is 1. The zero-order valence-electron chi connectivity index (χ0n) is 18.2. The van der Waals surface area contributed by atoms with Crippen LogP contribution in [0.3, 0.4) is 0 Å². The van der Waals surface area contributed by atoms with Crippen LogP contribution in [0.4, 0.5) is 10.1 Å². The van der Waals surface area contributed by atoms with Gasteiger partial charge in [0.15, 0.2) is 6.61 Å². The smallest absolute Gasteiger partial charge is 0.258 e. The number of sulfonamides is 1. The molecule has 2 aromatic carbocycles. The van der Waals surface area contributed by atoms with E-state index in [0.29, 0.717) is 11.3 Å². The molecular weight excluding hydrogens is 407 g/mol. The average Bonchev–Trinajstić information content (AvgIpc) is 2.59. The highest BCUT2D eigenvalue weighted by molar-refractivity contribution is 7.92. The van der Waals surface area contributed by atoms with E-state index in [2.05, 4.69) is 10.0 Å². The van der Waals surface area contributed by atoms with Crippen LogP contribution >= 0.6 is 0 Å². The fourth-order valence-electron chi connectivity index (χ4n) is 2.98. The first-order chi connectivity index (χ1) is 13.8. The molecule has 2 rings (SSSR count). The van der Waals surface area contributed by atoms with Gasteiger partial charge in [0.2, 0.25) is 10.0 Å². The van der Waals surface area contributed by atoms with Crippen molar-refractivity contribution in [3.63, 3.8) is 0 Å². The Labute approximate surface area is 177 Å². The third kappa shape index (κ3) is 6.73. The maximum Gasteiger partial charge on any atom is 0.258 e. The van der Waals surface area contributed by atoms with E-state index in [0.717, 1.165) is 17.4 Å². The van der Waals surface area contributed by atoms with E-state index in [4.69, 9.17) is 4.74 Å². The molecule has 0 bridgehead atoms. The van der Waals surface area contributed by atoms with Crippen molar-refractivity contribution in [2.45, 2.75) is 46.1 Å². The number of benzene rings is 2. The lowest BCUT2D eigenvalue weighted by molar-refractivity contribution is -0.123. The monoisotopic (exact) mass is 436 g/mol. The Morgan fingerprint density at radius 2 is 1.83 bits per heavy atom. The lowest BCUT2D eigenvalue weighted by atomic mass is 9.87. The molecule has 2 aromatic rings. The van der Waals surface area contributed by atoms with Crippen LogP contribution in [-0.4, -0.2) is 27.2 Å². The Kier molecular flexibility index (Phi) is 7.13. The Hall–Kier alpha value is -2.61. The largest absolute Gasteiger partial charge is 0.484 e. The SMILES string of the molecule is Cc1cc(C(C)NC(=O)COc2ccc(C(C)(C)C)c(F)c2)ccc1NS(C)(=O)=O. The minimum Gasteiger partial charge on any atom is -0.484 e. The Morgan fingerprint density at radius 3 is 2.37 bits per heavy atom. The molecule has 1 unspecified atom stereocenters. The summed E-state index contributed by atoms with van der Waals surface area (Å²) < 4.78 is 44.9. The molecule has 0 aliphatic heterocycles. The maximum absolute atomic E-state index is 14.3. The van der Waals surface area contributed by atoms with Crippen LogP contribution in [0.1, 0.15) is 50.4 Å². The molecule has 0 aliphatic rings. The zero-order valence-corrected chi connectivity index (χ0v) is 19.0. The fourth-order valence-corrected chi connectivity index (χ4v) is 3.61. The van der Waals surface area contributed by atoms with Gasteiger partial charge in [-0.1, -0.05) is 39.0 Å². The van der Waals surface area contributed by atoms with E-state index < -0.39 is 10.0 Å². The quantitative estimate of drug-likeness (QED) is 0.686. The number of ether oxygens (including phenoxy) is 1. The lowest BCUT2D eigenvalue weighted by Gasteiger charge is -2.20. The average molecular weight is 437 g/mol. The molecule has 1 amide bonds. The number of anilines is 1. The van der Waals surface area contributed by atoms with Crippen molar-refractivity contribution >= 4 is 21.6 Å². The molecule has 0 saturated carbocycles. The summed E-state index contributed by atoms with van der Waals surface area (Å²) in [5.41, 5.74) is 2.31. The van der Waals surface area contributed by atoms with Gasteiger partial charge in [-0.2, -0.15) is 0 Å². The molecule has 0 radical (unpaired) electrons. The van der Waals surface area contributed by atoms with Gasteiger partial charge in [0.1, 0.15) is 11.6 Å². The van der Waals surface area contributed by atoms with Gasteiger partial charge >= 0.3 is 0 Å². The minimum atomic E-state index is -3.36. The van der Waals surface area contributed by atoms with Crippen LogP contribution < -0.4 is 14.8 Å². The molecule has 0 aliphatic carbocycles. The first-order valence-electron chi connectivity index (χ1n) is 9.57. The van der Waals surface area contributed by atoms with Gasteiger partial charge in [0, 0.05) is 6.07 Å². The first-order valence-corrected chi connectivity index (χ1v) is 11.5. The van der Waals surface area contributed by atoms with E-state index in [1.54, 1.807) is 37.3 Å². The third-order valence-corrected chi connectivity index (χ3v) is 5.13. The number of carbonyl (C=O) groups excluding carboxylic acids is 1. The van der Waals surface area contributed by atoms with E-state index in [1.165, 1.54) is 6.07 Å². The third-order valence-electron chi connectivity index (χ3n) is 4.54. The Morgan fingerprint density at radius 1 is 1.17 bits per heavy atom. The Bertz CT molecular complexity index is 1030. The molecule has 1 atom stereocenters. The Balaban J connectivity index is 1.96. The summed E-state index contributed by atoms with van der Waals surface area (Å²) in [4.78, 5) is 12.2. The summed E-state index contributed by atoms with van der Waals surface area (Å²) in [7, 11) is -3.36. The highest BCUT2D eigenvalue weighted by atomic mass is 32.2. The van der Waals surface area contributed by atoms with Gasteiger partial charge in [0.05, 0.1) is 18.0 Å². The standard InChI is InChI=1S/C22H29FN2O4S/c1-14-11-16(7-10-20(14)25-30(6,27)28)15(2)24-21(26)13-29-17-8-9-18(19(23)12-17)22(3,4)5/h7-12,15,25H,13H2,1-6H3,(H,24,26). The zero-order chi connectivity index (χ0) is 22.7. The van der Waals surface area contributed by atoms with Crippen LogP contribution in [-0.2, 0) is 20.2 Å². The van der Waals surface area contributed by atoms with Gasteiger partial charge in [-0.25, -0.2) is 12.8 Å². The first kappa shape index (κ1) is 23.7. The lowest BCUT2D eigenvalue weighted by Crippen LogP contribution is -2.31. The van der Waals surface area contributed by atoms with E-state index in [9.17, 15) is 17.6 Å². The van der Waals surface area contributed by atoms with Crippen molar-refractivity contribution in [3.8, 4) is 5.75 Å². The van der Waals surface area contributed by atoms with Crippen molar-refractivity contribution in [1.82, 2.24) is 5.32 Å². The summed E-state index contributed by atoms with van der Waals surface area (Å²) in [5.74, 6) is -0.429. The molecule has 0 fully saturated rings. The molecule has 164 valence electrons. The number of hydrogen-bond acceptors (Lipinski definition) is 4. The number of rotatable bonds is 7. The summed E-state index contributed by atoms with van der Waals surface area (Å²) in [6, 6.07) is 9.50. The number of amides is 1. The number of hydrogen-bond donors (Lipinski definition) is 2. The topological polar surface area (TPSA) is 84.5 Å². The van der Waals surface area contributed by atoms with Gasteiger partial charge in [-0.15, -0.1) is 0 Å². The van der Waals surface area contributed by atoms with Crippen molar-refractivity contribution in [1.29, 1.82) is 0 Å². The van der Waals surface area contributed by atoms with Crippen LogP contribution in [0.25, 0.3) is 0 Å². The molecule has 0 spiro atoms. The predicted octanol–water partition coefficient (Wildman–Crippen LogP) is 4.06. The minimum absolute atomic E-state index is 0.245. The molecular formula is C22H29FN2O4S. The summed E-state index contributed by atoms with van der Waals surface area (Å²) in [5, 5.41) is 2.82. The predicted molar refractivity (Wildman–Crippen MR) is 117 cm³/mol. The summed E-state index contributed by atoms with van der Waals surface area (Å²) in [6.07, 6.45) is 1.09. The maximum atomic E-state index is 14.3. The number of aryl methyl sites for hydroxylation is 1. The van der Waals surface area contributed by atoms with Crippen molar-refractivity contribution < 1.29 is 22.3 Å². The van der Waals surface area contributed by atoms with E-state index >= 15 is 0 Å². The highest BCUT2D eigenvalue weighted by Gasteiger charge is 2.19. The van der Waals surface area contributed by atoms with Crippen LogP contribution in [0.2, 0.25) is 0 Å². The van der Waals surface area contributed by atoms with Gasteiger partial charge < -0.3 is 10.1 Å². The summed E-state index contributed by atoms with van der Waals surface area (Å²) in [6.45, 7) is 9.12. The molecule has 0 heterocycles. The molecule has 6 nitrogen and oxygen atoms in total. The van der Waals surface area contributed by atoms with Crippen LogP contribution in [0.15, 0.2) is 36.4 Å². The van der Waals surface area contributed by atoms with E-state index in [1.807, 2.05) is 27.7 Å². The van der Waals surface area contributed by atoms with Crippen molar-refractivity contribution in [2.24, 2.45) is 0 Å². The molecule has 2 N–H and O–H groups in total. The van der Waals surface area contributed by atoms with Crippen LogP contribution in [0.5, 0.6) is 5.75 Å². The normalized spacial score (nSPS) is 12.9. The molecule has 0 saturated heterocycles. The fraction of sp³-hybridized carbons (Fsp3) is 0.409. The molecule has 30 heavy (non-hydrogen) atoms. The second-order valence-corrected chi connectivity index (χ2v) is 10.2. The van der Waals surface area contributed by atoms with Gasteiger partial charge in [-0.05, 0) is 48.1 Å². The number of nitrogens with one attached hydrogen (secondary N) is 2. The second kappa shape index (κ2) is 9.04. The van der Waals surface area contributed by atoms with Crippen LogP contribution in [0, 0.1) is 12.7 Å². The second-order valence-electron chi connectivity index (χ2n) is 8.42. The highest BCUT2D eigenvalue weighted by Crippen LogP contribution is 2.27. The van der Waals surface area contributed by atoms with Crippen molar-refractivity contribution in [3.05, 3.63) is 58.9 Å². The molecule has 0 aromatic heterocycles. The van der Waals surface area contributed by atoms with E-state index in [-0.39, 0.29) is 35.5 Å². The van der Waals surface area contributed by atoms with Gasteiger partial charge in [0.25, 0.3) is 5.91 Å². The summed E-state index contributed by atoms with van der Waals surface area (Å²) >= 11 is 0. The van der Waals surface area contributed by atoms with Gasteiger partial charge in [-0.3, -0.25) is 9.52 Å².